The summed E-state index contributed by atoms with van der Waals surface area (Å²) in [6.07, 6.45) is 2.21. The summed E-state index contributed by atoms with van der Waals surface area (Å²) in [6, 6.07) is 6.76. The summed E-state index contributed by atoms with van der Waals surface area (Å²) in [5, 5.41) is 0. The van der Waals surface area contributed by atoms with E-state index < -0.39 is 0 Å². The van der Waals surface area contributed by atoms with Gasteiger partial charge in [0.25, 0.3) is 0 Å². The molecule has 1 fully saturated rings. The molecule has 1 aromatic carbocycles. The third kappa shape index (κ3) is 3.62. The number of hydrogen-bond acceptors (Lipinski definition) is 4. The van der Waals surface area contributed by atoms with Crippen molar-refractivity contribution in [1.82, 2.24) is 4.90 Å². The van der Waals surface area contributed by atoms with Crippen molar-refractivity contribution in [3.05, 3.63) is 18.2 Å². The van der Waals surface area contributed by atoms with Crippen LogP contribution in [0.25, 0.3) is 0 Å². The van der Waals surface area contributed by atoms with E-state index in [0.29, 0.717) is 6.04 Å². The Hall–Kier alpha value is -1.42. The molecule has 0 bridgehead atoms. The first-order valence-electron chi connectivity index (χ1n) is 8.21. The molecule has 2 rings (SSSR count). The zero-order valence-corrected chi connectivity index (χ0v) is 13.6. The Morgan fingerprint density at radius 1 is 1.29 bits per heavy atom. The van der Waals surface area contributed by atoms with Gasteiger partial charge in [0.05, 0.1) is 18.0 Å². The summed E-state index contributed by atoms with van der Waals surface area (Å²) in [5.74, 6) is 0.820. The van der Waals surface area contributed by atoms with Crippen LogP contribution in [0.4, 0.5) is 11.4 Å². The minimum absolute atomic E-state index is 0.639. The van der Waals surface area contributed by atoms with Gasteiger partial charge >= 0.3 is 0 Å². The molecular formula is C17H29N3O. The maximum Gasteiger partial charge on any atom is 0.144 e. The van der Waals surface area contributed by atoms with Gasteiger partial charge in [0, 0.05) is 19.1 Å². The summed E-state index contributed by atoms with van der Waals surface area (Å²) in [7, 11) is 0. The first kappa shape index (κ1) is 16.0. The topological polar surface area (TPSA) is 41.7 Å². The molecule has 0 radical (unpaired) electrons. The molecule has 1 aliphatic rings. The Morgan fingerprint density at radius 3 is 2.71 bits per heavy atom. The molecule has 1 saturated heterocycles. The molecule has 1 aromatic rings. The summed E-state index contributed by atoms with van der Waals surface area (Å²) in [6.45, 7) is 11.7. The van der Waals surface area contributed by atoms with Crippen LogP contribution < -0.4 is 15.4 Å². The Balaban J connectivity index is 2.09. The van der Waals surface area contributed by atoms with E-state index in [0.717, 1.165) is 56.3 Å². The average molecular weight is 291 g/mol. The van der Waals surface area contributed by atoms with E-state index in [1.165, 1.54) is 6.42 Å². The van der Waals surface area contributed by atoms with Crippen molar-refractivity contribution < 1.29 is 4.74 Å². The first-order valence-corrected chi connectivity index (χ1v) is 8.21. The fourth-order valence-electron chi connectivity index (χ4n) is 3.14. The lowest BCUT2D eigenvalue weighted by molar-refractivity contribution is 0.232. The maximum absolute atomic E-state index is 6.31. The monoisotopic (exact) mass is 291 g/mol. The number of likely N-dealkylation sites (N-methyl/N-ethyl adjacent to an activating group) is 1. The van der Waals surface area contributed by atoms with Gasteiger partial charge < -0.3 is 15.4 Å². The number of nitrogens with two attached hydrogens (primary N) is 1. The number of nitrogens with zero attached hydrogens (tertiary/aromatic N) is 2. The molecule has 0 aliphatic carbocycles. The largest absolute Gasteiger partial charge is 0.491 e. The number of rotatable bonds is 7. The number of nitrogen functional groups attached to an aromatic ring is 1. The summed E-state index contributed by atoms with van der Waals surface area (Å²) >= 11 is 0. The molecule has 1 aliphatic heterocycles. The molecule has 1 unspecified atom stereocenters. The van der Waals surface area contributed by atoms with Crippen LogP contribution in [-0.4, -0.2) is 43.7 Å². The Morgan fingerprint density at radius 2 is 2.05 bits per heavy atom. The van der Waals surface area contributed by atoms with Crippen molar-refractivity contribution in [2.75, 3.05) is 43.4 Å². The smallest absolute Gasteiger partial charge is 0.144 e. The molecule has 1 atom stereocenters. The molecule has 4 nitrogen and oxygen atoms in total. The molecule has 21 heavy (non-hydrogen) atoms. The quantitative estimate of drug-likeness (QED) is 0.784. The zero-order chi connectivity index (χ0) is 15.2. The van der Waals surface area contributed by atoms with Crippen molar-refractivity contribution in [2.24, 2.45) is 0 Å². The first-order chi connectivity index (χ1) is 10.2. The number of ether oxygens (including phenoxy) is 1. The minimum Gasteiger partial charge on any atom is -0.491 e. The number of anilines is 2. The summed E-state index contributed by atoms with van der Waals surface area (Å²) in [4.78, 5) is 4.94. The van der Waals surface area contributed by atoms with Crippen LogP contribution in [0.3, 0.4) is 0 Å². The predicted molar refractivity (Wildman–Crippen MR) is 90.2 cm³/mol. The molecular weight excluding hydrogens is 262 g/mol. The summed E-state index contributed by atoms with van der Waals surface area (Å²) in [5.41, 5.74) is 8.22. The van der Waals surface area contributed by atoms with Crippen LogP contribution >= 0.6 is 0 Å². The van der Waals surface area contributed by atoms with Gasteiger partial charge in [0.2, 0.25) is 0 Å². The molecule has 0 aromatic heterocycles. The van der Waals surface area contributed by atoms with Crippen molar-refractivity contribution in [2.45, 2.75) is 39.7 Å². The van der Waals surface area contributed by atoms with E-state index in [2.05, 4.69) is 36.6 Å². The second kappa shape index (κ2) is 7.55. The average Bonchev–Trinajstić information content (AvgIpc) is 2.97. The van der Waals surface area contributed by atoms with Crippen molar-refractivity contribution >= 4 is 11.4 Å². The highest BCUT2D eigenvalue weighted by molar-refractivity contribution is 5.74. The van der Waals surface area contributed by atoms with E-state index in [1.807, 2.05) is 12.1 Å². The normalized spacial score (nSPS) is 18.5. The van der Waals surface area contributed by atoms with E-state index in [1.54, 1.807) is 0 Å². The van der Waals surface area contributed by atoms with E-state index in [9.17, 15) is 0 Å². The van der Waals surface area contributed by atoms with Crippen LogP contribution in [-0.2, 0) is 0 Å². The lowest BCUT2D eigenvalue weighted by Gasteiger charge is -2.27. The predicted octanol–water partition coefficient (Wildman–Crippen LogP) is 2.98. The number of hydrogen-bond donors (Lipinski definition) is 1. The third-order valence-electron chi connectivity index (χ3n) is 4.34. The van der Waals surface area contributed by atoms with Crippen LogP contribution in [0, 0.1) is 0 Å². The highest BCUT2D eigenvalue weighted by Crippen LogP contribution is 2.34. The van der Waals surface area contributed by atoms with Gasteiger partial charge in [-0.1, -0.05) is 26.8 Å². The van der Waals surface area contributed by atoms with Gasteiger partial charge in [-0.2, -0.15) is 0 Å². The molecule has 0 amide bonds. The van der Waals surface area contributed by atoms with Crippen LogP contribution in [0.15, 0.2) is 18.2 Å². The molecule has 0 spiro atoms. The molecule has 4 heteroatoms. The van der Waals surface area contributed by atoms with Gasteiger partial charge in [-0.25, -0.2) is 0 Å². The van der Waals surface area contributed by atoms with E-state index >= 15 is 0 Å². The fourth-order valence-corrected chi connectivity index (χ4v) is 3.14. The Labute approximate surface area is 128 Å². The second-order valence-electron chi connectivity index (χ2n) is 5.65. The van der Waals surface area contributed by atoms with E-state index in [4.69, 9.17) is 10.5 Å². The summed E-state index contributed by atoms with van der Waals surface area (Å²) < 4.78 is 5.74. The SMILES string of the molecule is CCCOc1cccc(N2CCC(N(CC)CC)C2)c1N. The van der Waals surface area contributed by atoms with Crippen molar-refractivity contribution in [3.63, 3.8) is 0 Å². The minimum atomic E-state index is 0.639. The van der Waals surface area contributed by atoms with Gasteiger partial charge in [0.1, 0.15) is 5.75 Å². The molecule has 0 saturated carbocycles. The van der Waals surface area contributed by atoms with Gasteiger partial charge in [-0.3, -0.25) is 4.90 Å². The molecule has 118 valence electrons. The van der Waals surface area contributed by atoms with Gasteiger partial charge in [-0.05, 0) is 38.1 Å². The molecule has 2 N–H and O–H groups in total. The van der Waals surface area contributed by atoms with Crippen molar-refractivity contribution in [3.8, 4) is 5.75 Å². The van der Waals surface area contributed by atoms with E-state index in [-0.39, 0.29) is 0 Å². The fraction of sp³-hybridized carbons (Fsp3) is 0.647. The number of benzene rings is 1. The third-order valence-corrected chi connectivity index (χ3v) is 4.34. The van der Waals surface area contributed by atoms with Crippen LogP contribution in [0.5, 0.6) is 5.75 Å². The zero-order valence-electron chi connectivity index (χ0n) is 13.6. The lowest BCUT2D eigenvalue weighted by atomic mass is 10.2. The highest BCUT2D eigenvalue weighted by Gasteiger charge is 2.27. The lowest BCUT2D eigenvalue weighted by Crippen LogP contribution is -2.37. The highest BCUT2D eigenvalue weighted by atomic mass is 16.5. The van der Waals surface area contributed by atoms with Crippen LogP contribution in [0.2, 0.25) is 0 Å². The standard InChI is InChI=1S/C17H29N3O/c1-4-12-21-16-9-7-8-15(17(16)18)20-11-10-14(13-20)19(5-2)6-3/h7-9,14H,4-6,10-13,18H2,1-3H3. The Bertz CT molecular complexity index is 446. The van der Waals surface area contributed by atoms with Gasteiger partial charge in [0.15, 0.2) is 0 Å². The van der Waals surface area contributed by atoms with Crippen LogP contribution in [0.1, 0.15) is 33.6 Å². The van der Waals surface area contributed by atoms with Crippen molar-refractivity contribution in [1.29, 1.82) is 0 Å². The number of para-hydroxylation sites is 1. The maximum atomic E-state index is 6.31. The second-order valence-corrected chi connectivity index (χ2v) is 5.65. The molecule has 1 heterocycles. The van der Waals surface area contributed by atoms with Gasteiger partial charge in [-0.15, -0.1) is 0 Å². The Kier molecular flexibility index (Phi) is 5.74.